The van der Waals surface area contributed by atoms with Gasteiger partial charge in [0.15, 0.2) is 6.10 Å². The van der Waals surface area contributed by atoms with E-state index in [0.717, 1.165) is 0 Å². The van der Waals surface area contributed by atoms with Gasteiger partial charge in [0.1, 0.15) is 5.75 Å². The number of hydrogen-bond acceptors (Lipinski definition) is 10. The highest BCUT2D eigenvalue weighted by molar-refractivity contribution is 7.86. The molecule has 0 aliphatic carbocycles. The van der Waals surface area contributed by atoms with Crippen molar-refractivity contribution in [1.29, 1.82) is 0 Å². The summed E-state index contributed by atoms with van der Waals surface area (Å²) in [6, 6.07) is 8.34. The van der Waals surface area contributed by atoms with Crippen molar-refractivity contribution < 1.29 is 46.3 Å². The lowest BCUT2D eigenvalue weighted by molar-refractivity contribution is -0.161. The molecule has 0 unspecified atom stereocenters. The van der Waals surface area contributed by atoms with Crippen LogP contribution in [-0.2, 0) is 33.4 Å². The van der Waals surface area contributed by atoms with Crippen molar-refractivity contribution in [2.45, 2.75) is 39.7 Å². The molecule has 12 heteroatoms. The highest BCUT2D eigenvalue weighted by Gasteiger charge is 2.36. The molecule has 0 heterocycles. The summed E-state index contributed by atoms with van der Waals surface area (Å²) in [4.78, 5) is 34.4. The van der Waals surface area contributed by atoms with Crippen molar-refractivity contribution in [3.05, 3.63) is 30.3 Å². The van der Waals surface area contributed by atoms with Gasteiger partial charge in [-0.05, 0) is 18.6 Å². The van der Waals surface area contributed by atoms with Crippen LogP contribution < -0.4 is 10.1 Å². The summed E-state index contributed by atoms with van der Waals surface area (Å²) in [6.07, 6.45) is -2.21. The predicted octanol–water partition coefficient (Wildman–Crippen LogP) is 1.39. The Morgan fingerprint density at radius 2 is 1.70 bits per heavy atom. The number of nitrogens with one attached hydrogen (secondary N) is 1. The molecule has 0 radical (unpaired) electrons. The Morgan fingerprint density at radius 3 is 2.33 bits per heavy atom. The van der Waals surface area contributed by atoms with E-state index < -0.39 is 40.4 Å². The first-order chi connectivity index (χ1) is 15.4. The number of hydrogen-bond donors (Lipinski definition) is 2. The van der Waals surface area contributed by atoms with Crippen molar-refractivity contribution in [3.63, 3.8) is 0 Å². The first-order valence-corrected chi connectivity index (χ1v) is 11.9. The number of carbonyl (C=O) groups is 3. The summed E-state index contributed by atoms with van der Waals surface area (Å²) in [6.45, 7) is 3.76. The molecule has 2 N–H and O–H groups in total. The van der Waals surface area contributed by atoms with Crippen molar-refractivity contribution in [3.8, 4) is 5.75 Å². The molecule has 0 aromatic heterocycles. The minimum absolute atomic E-state index is 0.0712. The Morgan fingerprint density at radius 1 is 1.06 bits per heavy atom. The zero-order valence-corrected chi connectivity index (χ0v) is 19.8. The molecule has 0 saturated heterocycles. The molecule has 0 bridgehead atoms. The van der Waals surface area contributed by atoms with Gasteiger partial charge >= 0.3 is 12.1 Å². The Bertz CT molecular complexity index is 870. The largest absolute Gasteiger partial charge is 0.513 e. The quantitative estimate of drug-likeness (QED) is 0.169. The lowest BCUT2D eigenvalue weighted by Gasteiger charge is -2.28. The maximum atomic E-state index is 12.1. The minimum Gasteiger partial charge on any atom is -0.464 e. The van der Waals surface area contributed by atoms with Gasteiger partial charge in [0, 0.05) is 25.3 Å². The number of ether oxygens (including phenoxy) is 3. The fraction of sp³-hybridized carbons (Fsp3) is 0.571. The third kappa shape index (κ3) is 12.2. The van der Waals surface area contributed by atoms with Crippen LogP contribution in [0.1, 0.15) is 33.6 Å². The molecule has 1 rings (SSSR count). The number of carbonyl (C=O) groups excluding carboxylic acids is 3. The van der Waals surface area contributed by atoms with Crippen LogP contribution in [0.25, 0.3) is 0 Å². The number of aliphatic hydroxyl groups is 1. The predicted molar refractivity (Wildman–Crippen MR) is 117 cm³/mol. The van der Waals surface area contributed by atoms with E-state index in [-0.39, 0.29) is 44.3 Å². The lowest BCUT2D eigenvalue weighted by Crippen LogP contribution is -2.41. The topological polar surface area (TPSA) is 155 Å². The highest BCUT2D eigenvalue weighted by Crippen LogP contribution is 2.23. The first-order valence-electron chi connectivity index (χ1n) is 10.3. The molecule has 1 aromatic carbocycles. The Kier molecular flexibility index (Phi) is 11.8. The first kappa shape index (κ1) is 28.3. The van der Waals surface area contributed by atoms with E-state index in [1.54, 1.807) is 30.3 Å². The molecule has 0 aliphatic rings. The second-order valence-corrected chi connectivity index (χ2v) is 9.55. The second kappa shape index (κ2) is 13.8. The number of para-hydroxylation sites is 1. The van der Waals surface area contributed by atoms with Crippen molar-refractivity contribution in [2.24, 2.45) is 5.41 Å². The van der Waals surface area contributed by atoms with Crippen LogP contribution in [0.2, 0.25) is 0 Å². The van der Waals surface area contributed by atoms with Crippen molar-refractivity contribution >= 4 is 28.1 Å². The SMILES string of the molecule is CC(=O)NCCCS(=O)(=O)OCC(C)(C)[C@@H](O)C(=O)OCCCOC(=O)Oc1ccccc1. The van der Waals surface area contributed by atoms with Gasteiger partial charge in [-0.15, -0.1) is 0 Å². The van der Waals surface area contributed by atoms with Gasteiger partial charge in [-0.3, -0.25) is 8.98 Å². The van der Waals surface area contributed by atoms with Crippen LogP contribution in [0.15, 0.2) is 30.3 Å². The minimum atomic E-state index is -3.90. The van der Waals surface area contributed by atoms with E-state index >= 15 is 0 Å². The lowest BCUT2D eigenvalue weighted by atomic mass is 9.88. The standard InChI is InChI=1S/C21H31NO10S/c1-16(23)22-11-7-14-33(27,28)31-15-21(2,3)18(24)19(25)29-12-8-13-30-20(26)32-17-9-5-4-6-10-17/h4-6,9-10,18,24H,7-8,11-15H2,1-3H3,(H,22,23)/t18-/m0/s1. The normalized spacial score (nSPS) is 12.5. The molecule has 11 nitrogen and oxygen atoms in total. The molecule has 186 valence electrons. The third-order valence-electron chi connectivity index (χ3n) is 4.22. The van der Waals surface area contributed by atoms with Gasteiger partial charge < -0.3 is 24.6 Å². The van der Waals surface area contributed by atoms with Gasteiger partial charge in [0.25, 0.3) is 10.1 Å². The van der Waals surface area contributed by atoms with Crippen LogP contribution in [-0.4, -0.2) is 69.8 Å². The second-order valence-electron chi connectivity index (χ2n) is 7.79. The van der Waals surface area contributed by atoms with E-state index in [4.69, 9.17) is 18.4 Å². The number of rotatable bonds is 14. The molecular formula is C21H31NO10S. The summed E-state index contributed by atoms with van der Waals surface area (Å²) in [7, 11) is -3.90. The van der Waals surface area contributed by atoms with E-state index in [0.29, 0.717) is 5.75 Å². The van der Waals surface area contributed by atoms with Gasteiger partial charge in [0.2, 0.25) is 5.91 Å². The average molecular weight is 490 g/mol. The Labute approximate surface area is 193 Å². The molecule has 1 atom stereocenters. The van der Waals surface area contributed by atoms with Crippen LogP contribution in [0.4, 0.5) is 4.79 Å². The summed E-state index contributed by atoms with van der Waals surface area (Å²) < 4.78 is 43.5. The number of aliphatic hydroxyl groups excluding tert-OH is 1. The third-order valence-corrected chi connectivity index (χ3v) is 5.48. The fourth-order valence-electron chi connectivity index (χ4n) is 2.29. The van der Waals surface area contributed by atoms with Crippen LogP contribution in [0, 0.1) is 5.41 Å². The molecule has 0 spiro atoms. The van der Waals surface area contributed by atoms with Crippen LogP contribution in [0.5, 0.6) is 5.75 Å². The highest BCUT2D eigenvalue weighted by atomic mass is 32.2. The summed E-state index contributed by atoms with van der Waals surface area (Å²) in [5, 5.41) is 12.7. The maximum Gasteiger partial charge on any atom is 0.513 e. The van der Waals surface area contributed by atoms with Crippen LogP contribution >= 0.6 is 0 Å². The average Bonchev–Trinajstić information content (AvgIpc) is 2.75. The molecule has 1 amide bonds. The molecule has 0 saturated carbocycles. The zero-order chi connectivity index (χ0) is 24.9. The van der Waals surface area contributed by atoms with Gasteiger partial charge in [-0.2, -0.15) is 8.42 Å². The number of benzene rings is 1. The van der Waals surface area contributed by atoms with Crippen molar-refractivity contribution in [2.75, 3.05) is 32.1 Å². The van der Waals surface area contributed by atoms with E-state index in [2.05, 4.69) is 5.32 Å². The van der Waals surface area contributed by atoms with Gasteiger partial charge in [0.05, 0.1) is 25.6 Å². The zero-order valence-electron chi connectivity index (χ0n) is 18.9. The monoisotopic (exact) mass is 489 g/mol. The van der Waals surface area contributed by atoms with E-state index in [9.17, 15) is 27.9 Å². The molecule has 1 aromatic rings. The van der Waals surface area contributed by atoms with E-state index in [1.165, 1.54) is 20.8 Å². The Hall–Kier alpha value is -2.70. The smallest absolute Gasteiger partial charge is 0.464 e. The van der Waals surface area contributed by atoms with Gasteiger partial charge in [-0.25, -0.2) is 9.59 Å². The van der Waals surface area contributed by atoms with Crippen LogP contribution in [0.3, 0.4) is 0 Å². The summed E-state index contributed by atoms with van der Waals surface area (Å²) >= 11 is 0. The van der Waals surface area contributed by atoms with Crippen molar-refractivity contribution in [1.82, 2.24) is 5.32 Å². The molecule has 33 heavy (non-hydrogen) atoms. The Balaban J connectivity index is 2.29. The summed E-state index contributed by atoms with van der Waals surface area (Å²) in [5.74, 6) is -1.22. The maximum absolute atomic E-state index is 12.1. The fourth-order valence-corrected chi connectivity index (χ4v) is 3.39. The van der Waals surface area contributed by atoms with Gasteiger partial charge in [-0.1, -0.05) is 32.0 Å². The van der Waals surface area contributed by atoms with E-state index in [1.807, 2.05) is 0 Å². The molecule has 0 aliphatic heterocycles. The molecule has 0 fully saturated rings. The summed E-state index contributed by atoms with van der Waals surface area (Å²) in [5.41, 5.74) is -1.25. The number of amides is 1. The molecular weight excluding hydrogens is 458 g/mol. The number of esters is 1.